The summed E-state index contributed by atoms with van der Waals surface area (Å²) < 4.78 is 21.1. The molecule has 0 aliphatic carbocycles. The summed E-state index contributed by atoms with van der Waals surface area (Å²) >= 11 is 0. The molecule has 1 heterocycles. The van der Waals surface area contributed by atoms with Crippen LogP contribution in [-0.2, 0) is 9.53 Å². The topological polar surface area (TPSA) is 95.1 Å². The highest BCUT2D eigenvalue weighted by atomic mass is 16.5. The summed E-state index contributed by atoms with van der Waals surface area (Å²) in [6.45, 7) is 3.58. The molecular formula is C17H22N2O6. The van der Waals surface area contributed by atoms with Crippen molar-refractivity contribution in [1.82, 2.24) is 10.6 Å². The van der Waals surface area contributed by atoms with E-state index in [-0.39, 0.29) is 6.61 Å². The number of esters is 1. The summed E-state index contributed by atoms with van der Waals surface area (Å²) in [6.07, 6.45) is 0. The molecule has 0 saturated heterocycles. The van der Waals surface area contributed by atoms with Crippen molar-refractivity contribution in [3.63, 3.8) is 0 Å². The Morgan fingerprint density at radius 3 is 2.24 bits per heavy atom. The fourth-order valence-corrected chi connectivity index (χ4v) is 2.68. The number of urea groups is 1. The van der Waals surface area contributed by atoms with Crippen LogP contribution in [0.2, 0.25) is 0 Å². The Morgan fingerprint density at radius 2 is 1.68 bits per heavy atom. The van der Waals surface area contributed by atoms with Gasteiger partial charge < -0.3 is 29.6 Å². The first-order valence-electron chi connectivity index (χ1n) is 7.72. The molecule has 1 aliphatic rings. The number of methoxy groups -OCH3 is 3. The van der Waals surface area contributed by atoms with Gasteiger partial charge in [-0.2, -0.15) is 0 Å². The molecule has 1 aliphatic heterocycles. The normalized spacial score (nSPS) is 16.7. The van der Waals surface area contributed by atoms with Crippen LogP contribution in [0.15, 0.2) is 23.4 Å². The van der Waals surface area contributed by atoms with E-state index >= 15 is 0 Å². The lowest BCUT2D eigenvalue weighted by Gasteiger charge is -2.29. The van der Waals surface area contributed by atoms with E-state index in [0.717, 1.165) is 0 Å². The maximum absolute atomic E-state index is 12.4. The second-order valence-electron chi connectivity index (χ2n) is 5.24. The average molecular weight is 350 g/mol. The van der Waals surface area contributed by atoms with Crippen molar-refractivity contribution < 1.29 is 28.5 Å². The number of nitrogens with one attached hydrogen (secondary N) is 2. The molecule has 1 aromatic rings. The largest absolute Gasteiger partial charge is 0.496 e. The Labute approximate surface area is 146 Å². The van der Waals surface area contributed by atoms with E-state index in [1.807, 2.05) is 0 Å². The van der Waals surface area contributed by atoms with Gasteiger partial charge in [0.2, 0.25) is 0 Å². The number of benzene rings is 1. The predicted octanol–water partition coefficient (Wildman–Crippen LogP) is 1.90. The number of hydrogen-bond acceptors (Lipinski definition) is 6. The van der Waals surface area contributed by atoms with Gasteiger partial charge in [-0.15, -0.1) is 0 Å². The fraction of sp³-hybridized carbons (Fsp3) is 0.412. The Balaban J connectivity index is 2.62. The maximum Gasteiger partial charge on any atom is 0.338 e. The number of ether oxygens (including phenoxy) is 4. The van der Waals surface area contributed by atoms with Gasteiger partial charge in [0, 0.05) is 17.3 Å². The van der Waals surface area contributed by atoms with Crippen molar-refractivity contribution in [2.45, 2.75) is 19.9 Å². The van der Waals surface area contributed by atoms with Crippen LogP contribution in [0.4, 0.5) is 4.79 Å². The van der Waals surface area contributed by atoms with Crippen LogP contribution >= 0.6 is 0 Å². The summed E-state index contributed by atoms with van der Waals surface area (Å²) in [6, 6.07) is 2.14. The van der Waals surface area contributed by atoms with Crippen LogP contribution in [0, 0.1) is 0 Å². The van der Waals surface area contributed by atoms with E-state index in [4.69, 9.17) is 18.9 Å². The molecule has 8 nitrogen and oxygen atoms in total. The average Bonchev–Trinajstić information content (AvgIpc) is 2.59. The van der Waals surface area contributed by atoms with Crippen molar-refractivity contribution in [3.05, 3.63) is 29.0 Å². The monoisotopic (exact) mass is 350 g/mol. The third-order valence-corrected chi connectivity index (χ3v) is 3.81. The third-order valence-electron chi connectivity index (χ3n) is 3.81. The molecule has 136 valence electrons. The first-order valence-corrected chi connectivity index (χ1v) is 7.72. The molecule has 8 heteroatoms. The van der Waals surface area contributed by atoms with Crippen LogP contribution in [-0.4, -0.2) is 39.9 Å². The highest BCUT2D eigenvalue weighted by molar-refractivity contribution is 5.95. The third kappa shape index (κ3) is 3.62. The molecule has 0 unspecified atom stereocenters. The molecule has 2 N–H and O–H groups in total. The molecule has 0 bridgehead atoms. The molecule has 0 fully saturated rings. The maximum atomic E-state index is 12.4. The first-order chi connectivity index (χ1) is 12.0. The molecule has 1 atom stereocenters. The zero-order valence-corrected chi connectivity index (χ0v) is 14.9. The van der Waals surface area contributed by atoms with E-state index in [2.05, 4.69) is 10.6 Å². The van der Waals surface area contributed by atoms with E-state index in [1.54, 1.807) is 26.0 Å². The summed E-state index contributed by atoms with van der Waals surface area (Å²) in [5, 5.41) is 5.32. The number of hydrogen-bond donors (Lipinski definition) is 2. The van der Waals surface area contributed by atoms with Gasteiger partial charge in [-0.25, -0.2) is 9.59 Å². The van der Waals surface area contributed by atoms with Crippen LogP contribution in [0.25, 0.3) is 0 Å². The molecular weight excluding hydrogens is 328 g/mol. The zero-order chi connectivity index (χ0) is 18.6. The molecule has 0 spiro atoms. The van der Waals surface area contributed by atoms with Gasteiger partial charge in [0.1, 0.15) is 5.75 Å². The van der Waals surface area contributed by atoms with E-state index in [0.29, 0.717) is 34.1 Å². The molecule has 2 rings (SSSR count). The molecule has 0 saturated carbocycles. The number of carbonyl (C=O) groups is 2. The second kappa shape index (κ2) is 7.78. The minimum Gasteiger partial charge on any atom is -0.496 e. The summed E-state index contributed by atoms with van der Waals surface area (Å²) in [4.78, 5) is 24.4. The minimum absolute atomic E-state index is 0.222. The van der Waals surface area contributed by atoms with Gasteiger partial charge in [-0.1, -0.05) is 0 Å². The van der Waals surface area contributed by atoms with E-state index in [1.165, 1.54) is 21.3 Å². The number of amides is 2. The lowest BCUT2D eigenvalue weighted by molar-refractivity contribution is -0.139. The van der Waals surface area contributed by atoms with E-state index in [9.17, 15) is 9.59 Å². The fourth-order valence-electron chi connectivity index (χ4n) is 2.68. The number of carbonyl (C=O) groups excluding carboxylic acids is 2. The summed E-state index contributed by atoms with van der Waals surface area (Å²) in [5.41, 5.74) is 1.27. The van der Waals surface area contributed by atoms with Crippen LogP contribution in [0.1, 0.15) is 25.5 Å². The highest BCUT2D eigenvalue weighted by Gasteiger charge is 2.34. The quantitative estimate of drug-likeness (QED) is 0.761. The molecule has 1 aromatic carbocycles. The smallest absolute Gasteiger partial charge is 0.338 e. The molecule has 2 amide bonds. The summed E-state index contributed by atoms with van der Waals surface area (Å²) in [7, 11) is 4.51. The van der Waals surface area contributed by atoms with Crippen molar-refractivity contribution in [2.75, 3.05) is 27.9 Å². The number of allylic oxidation sites excluding steroid dienone is 1. The Morgan fingerprint density at radius 1 is 1.08 bits per heavy atom. The van der Waals surface area contributed by atoms with Gasteiger partial charge in [-0.05, 0) is 19.9 Å². The van der Waals surface area contributed by atoms with Gasteiger partial charge in [0.15, 0.2) is 11.5 Å². The van der Waals surface area contributed by atoms with Crippen molar-refractivity contribution in [3.8, 4) is 17.2 Å². The Kier molecular flexibility index (Phi) is 5.74. The second-order valence-corrected chi connectivity index (χ2v) is 5.24. The molecule has 0 aromatic heterocycles. The molecule has 25 heavy (non-hydrogen) atoms. The minimum atomic E-state index is -0.748. The highest BCUT2D eigenvalue weighted by Crippen LogP contribution is 2.40. The molecule has 0 radical (unpaired) electrons. The zero-order valence-electron chi connectivity index (χ0n) is 14.9. The van der Waals surface area contributed by atoms with Crippen molar-refractivity contribution >= 4 is 12.0 Å². The van der Waals surface area contributed by atoms with Gasteiger partial charge >= 0.3 is 12.0 Å². The van der Waals surface area contributed by atoms with Gasteiger partial charge in [0.05, 0.1) is 39.6 Å². The lowest BCUT2D eigenvalue weighted by atomic mass is 9.94. The number of rotatable bonds is 6. The standard InChI is InChI=1S/C17H22N2O6/c1-6-25-16(20)14-9(2)18-17(21)19-15(14)10-7-12(23-4)13(24-5)8-11(10)22-3/h7-8,15H,6H2,1-5H3,(H2,18,19,21)/t15-/m1/s1. The lowest BCUT2D eigenvalue weighted by Crippen LogP contribution is -2.45. The van der Waals surface area contributed by atoms with Gasteiger partial charge in [-0.3, -0.25) is 0 Å². The van der Waals surface area contributed by atoms with Crippen molar-refractivity contribution in [1.29, 1.82) is 0 Å². The van der Waals surface area contributed by atoms with Crippen molar-refractivity contribution in [2.24, 2.45) is 0 Å². The van der Waals surface area contributed by atoms with Crippen LogP contribution in [0.5, 0.6) is 17.2 Å². The van der Waals surface area contributed by atoms with Gasteiger partial charge in [0.25, 0.3) is 0 Å². The predicted molar refractivity (Wildman–Crippen MR) is 89.8 cm³/mol. The van der Waals surface area contributed by atoms with Crippen LogP contribution in [0.3, 0.4) is 0 Å². The van der Waals surface area contributed by atoms with E-state index < -0.39 is 18.0 Å². The summed E-state index contributed by atoms with van der Waals surface area (Å²) in [5.74, 6) is 0.850. The Bertz CT molecular complexity index is 713. The van der Waals surface area contributed by atoms with Crippen LogP contribution < -0.4 is 24.8 Å². The SMILES string of the molecule is CCOC(=O)C1=C(C)NC(=O)N[C@@H]1c1cc(OC)c(OC)cc1OC. The Hall–Kier alpha value is -2.90. The first kappa shape index (κ1) is 18.4.